The minimum atomic E-state index is -0.568. The van der Waals surface area contributed by atoms with Crippen LogP contribution in [0.5, 0.6) is 23.0 Å². The largest absolute Gasteiger partial charge is 0.497 e. The minimum absolute atomic E-state index is 0.0204. The van der Waals surface area contributed by atoms with Crippen molar-refractivity contribution in [3.63, 3.8) is 0 Å². The van der Waals surface area contributed by atoms with E-state index in [1.165, 1.54) is 34.5 Å². The van der Waals surface area contributed by atoms with Crippen LogP contribution in [0.3, 0.4) is 0 Å². The number of amides is 1. The van der Waals surface area contributed by atoms with Crippen molar-refractivity contribution in [3.8, 4) is 28.7 Å². The maximum Gasteiger partial charge on any atom is 0.279 e. The molecule has 4 aromatic rings. The lowest BCUT2D eigenvalue weighted by Crippen LogP contribution is -2.27. The van der Waals surface area contributed by atoms with E-state index < -0.39 is 11.5 Å². The van der Waals surface area contributed by atoms with Crippen molar-refractivity contribution in [2.24, 2.45) is 0 Å². The van der Waals surface area contributed by atoms with Gasteiger partial charge in [0.1, 0.15) is 28.7 Å². The normalized spacial score (nSPS) is 10.7. The van der Waals surface area contributed by atoms with Crippen molar-refractivity contribution < 1.29 is 23.7 Å². The van der Waals surface area contributed by atoms with E-state index in [-0.39, 0.29) is 10.7 Å². The molecule has 1 N–H and O–H groups in total. The monoisotopic (exact) mass is 495 g/mol. The average molecular weight is 496 g/mol. The summed E-state index contributed by atoms with van der Waals surface area (Å²) < 4.78 is 22.4. The first-order valence-electron chi connectivity index (χ1n) is 10.4. The predicted octanol–water partition coefficient (Wildman–Crippen LogP) is 4.33. The third-order valence-electron chi connectivity index (χ3n) is 5.36. The van der Waals surface area contributed by atoms with E-state index >= 15 is 0 Å². The maximum atomic E-state index is 13.4. The van der Waals surface area contributed by atoms with Crippen LogP contribution in [-0.4, -0.2) is 44.1 Å². The van der Waals surface area contributed by atoms with Gasteiger partial charge in [0, 0.05) is 17.5 Å². The Kier molecular flexibility index (Phi) is 6.79. The van der Waals surface area contributed by atoms with Gasteiger partial charge in [-0.3, -0.25) is 9.59 Å². The highest BCUT2D eigenvalue weighted by atomic mass is 35.5. The van der Waals surface area contributed by atoms with E-state index in [1.807, 2.05) is 0 Å². The fourth-order valence-electron chi connectivity index (χ4n) is 3.62. The molecule has 0 saturated carbocycles. The summed E-state index contributed by atoms with van der Waals surface area (Å²) in [7, 11) is 5.93. The first kappa shape index (κ1) is 23.9. The molecule has 0 radical (unpaired) electrons. The Hall–Kier alpha value is -4.24. The van der Waals surface area contributed by atoms with E-state index in [4.69, 9.17) is 30.5 Å². The third kappa shape index (κ3) is 4.45. The van der Waals surface area contributed by atoms with Crippen LogP contribution in [0, 0.1) is 0 Å². The third-order valence-corrected chi connectivity index (χ3v) is 5.65. The quantitative estimate of drug-likeness (QED) is 0.407. The topological polar surface area (TPSA) is 101 Å². The standard InChI is InChI=1S/C25H22ClN3O6/c1-32-14-9-10-19(22(11-14)35-4)29-25(31)16-8-6-5-7-15(16)23(28-29)24(30)27-18-12-17(26)20(33-2)13-21(18)34-3/h5-13H,1-4H3,(H,27,30). The summed E-state index contributed by atoms with van der Waals surface area (Å²) in [5.74, 6) is 1.06. The van der Waals surface area contributed by atoms with E-state index in [2.05, 4.69) is 10.4 Å². The van der Waals surface area contributed by atoms with Crippen LogP contribution in [0.4, 0.5) is 5.69 Å². The summed E-state index contributed by atoms with van der Waals surface area (Å²) in [4.78, 5) is 26.8. The molecule has 10 heteroatoms. The number of ether oxygens (including phenoxy) is 4. The van der Waals surface area contributed by atoms with Crippen molar-refractivity contribution in [2.75, 3.05) is 33.8 Å². The zero-order valence-electron chi connectivity index (χ0n) is 19.4. The highest BCUT2D eigenvalue weighted by Gasteiger charge is 2.21. The van der Waals surface area contributed by atoms with Gasteiger partial charge in [0.05, 0.1) is 44.5 Å². The number of carbonyl (C=O) groups is 1. The Morgan fingerprint density at radius 1 is 0.857 bits per heavy atom. The summed E-state index contributed by atoms with van der Waals surface area (Å²) in [6, 6.07) is 14.7. The van der Waals surface area contributed by atoms with Gasteiger partial charge in [-0.2, -0.15) is 9.78 Å². The molecule has 0 aliphatic heterocycles. The number of halogens is 1. The number of methoxy groups -OCH3 is 4. The first-order valence-corrected chi connectivity index (χ1v) is 10.8. The molecule has 0 fully saturated rings. The number of aromatic nitrogens is 2. The van der Waals surface area contributed by atoms with Gasteiger partial charge in [-0.15, -0.1) is 0 Å². The van der Waals surface area contributed by atoms with Crippen molar-refractivity contribution >= 4 is 34.0 Å². The van der Waals surface area contributed by atoms with Crippen LogP contribution in [0.25, 0.3) is 16.5 Å². The molecule has 3 aromatic carbocycles. The summed E-state index contributed by atoms with van der Waals surface area (Å²) >= 11 is 6.25. The summed E-state index contributed by atoms with van der Waals surface area (Å²) in [5, 5.41) is 8.17. The number of fused-ring (bicyclic) bond motifs is 1. The molecule has 1 heterocycles. The molecule has 0 atom stereocenters. The average Bonchev–Trinajstić information content (AvgIpc) is 2.89. The number of anilines is 1. The van der Waals surface area contributed by atoms with Gasteiger partial charge in [0.15, 0.2) is 5.69 Å². The van der Waals surface area contributed by atoms with Crippen LogP contribution >= 0.6 is 11.6 Å². The molecule has 0 bridgehead atoms. The number of carbonyl (C=O) groups excluding carboxylic acids is 1. The molecule has 180 valence electrons. The second kappa shape index (κ2) is 9.94. The number of rotatable bonds is 7. The smallest absolute Gasteiger partial charge is 0.279 e. The lowest BCUT2D eigenvalue weighted by Gasteiger charge is -2.16. The Balaban J connectivity index is 1.88. The maximum absolute atomic E-state index is 13.4. The summed E-state index contributed by atoms with van der Waals surface area (Å²) in [6.07, 6.45) is 0. The molecule has 9 nitrogen and oxygen atoms in total. The lowest BCUT2D eigenvalue weighted by atomic mass is 10.1. The zero-order chi connectivity index (χ0) is 25.1. The number of benzene rings is 3. The van der Waals surface area contributed by atoms with Gasteiger partial charge < -0.3 is 24.3 Å². The fourth-order valence-corrected chi connectivity index (χ4v) is 3.86. The molecule has 0 unspecified atom stereocenters. The Labute approximate surface area is 205 Å². The lowest BCUT2D eigenvalue weighted by molar-refractivity contribution is 0.102. The van der Waals surface area contributed by atoms with Crippen molar-refractivity contribution in [1.29, 1.82) is 0 Å². The van der Waals surface area contributed by atoms with Gasteiger partial charge in [0.2, 0.25) is 0 Å². The summed E-state index contributed by atoms with van der Waals surface area (Å²) in [6.45, 7) is 0. The van der Waals surface area contributed by atoms with Gasteiger partial charge >= 0.3 is 0 Å². The van der Waals surface area contributed by atoms with E-state index in [0.717, 1.165) is 4.68 Å². The molecule has 0 aliphatic rings. The van der Waals surface area contributed by atoms with Crippen LogP contribution in [-0.2, 0) is 0 Å². The molecule has 0 aliphatic carbocycles. The molecular formula is C25H22ClN3O6. The van der Waals surface area contributed by atoms with Crippen LogP contribution in [0.1, 0.15) is 10.5 Å². The molecule has 35 heavy (non-hydrogen) atoms. The summed E-state index contributed by atoms with van der Waals surface area (Å²) in [5.41, 5.74) is 0.273. The van der Waals surface area contributed by atoms with E-state index in [0.29, 0.717) is 45.1 Å². The SMILES string of the molecule is COc1ccc(-n2nc(C(=O)Nc3cc(Cl)c(OC)cc3OC)c3ccccc3c2=O)c(OC)c1. The molecular weight excluding hydrogens is 474 g/mol. The molecule has 0 spiro atoms. The van der Waals surface area contributed by atoms with Crippen molar-refractivity contribution in [3.05, 3.63) is 75.7 Å². The van der Waals surface area contributed by atoms with Crippen molar-refractivity contribution in [2.45, 2.75) is 0 Å². The number of nitrogens with one attached hydrogen (secondary N) is 1. The molecule has 0 saturated heterocycles. The fraction of sp³-hybridized carbons (Fsp3) is 0.160. The zero-order valence-corrected chi connectivity index (χ0v) is 20.2. The van der Waals surface area contributed by atoms with Crippen LogP contribution < -0.4 is 29.8 Å². The second-order valence-corrected chi connectivity index (χ2v) is 7.70. The number of nitrogens with zero attached hydrogens (tertiary/aromatic N) is 2. The van der Waals surface area contributed by atoms with Crippen LogP contribution in [0.15, 0.2) is 59.4 Å². The van der Waals surface area contributed by atoms with Crippen molar-refractivity contribution in [1.82, 2.24) is 9.78 Å². The highest BCUT2D eigenvalue weighted by Crippen LogP contribution is 2.36. The van der Waals surface area contributed by atoms with Gasteiger partial charge in [-0.25, -0.2) is 0 Å². The Morgan fingerprint density at radius 2 is 1.54 bits per heavy atom. The van der Waals surface area contributed by atoms with Gasteiger partial charge in [0.25, 0.3) is 11.5 Å². The predicted molar refractivity (Wildman–Crippen MR) is 133 cm³/mol. The molecule has 1 amide bonds. The molecule has 4 rings (SSSR count). The van der Waals surface area contributed by atoms with E-state index in [1.54, 1.807) is 48.5 Å². The minimum Gasteiger partial charge on any atom is -0.497 e. The van der Waals surface area contributed by atoms with Gasteiger partial charge in [-0.05, 0) is 24.3 Å². The van der Waals surface area contributed by atoms with Gasteiger partial charge in [-0.1, -0.05) is 29.8 Å². The Morgan fingerprint density at radius 3 is 2.20 bits per heavy atom. The van der Waals surface area contributed by atoms with Crippen LogP contribution in [0.2, 0.25) is 5.02 Å². The first-order chi connectivity index (χ1) is 16.9. The van der Waals surface area contributed by atoms with E-state index in [9.17, 15) is 9.59 Å². The number of hydrogen-bond acceptors (Lipinski definition) is 7. The molecule has 1 aromatic heterocycles. The number of hydrogen-bond donors (Lipinski definition) is 1. The Bertz CT molecular complexity index is 1480. The second-order valence-electron chi connectivity index (χ2n) is 7.29. The highest BCUT2D eigenvalue weighted by molar-refractivity contribution is 6.32.